The van der Waals surface area contributed by atoms with Crippen molar-refractivity contribution in [3.8, 4) is 0 Å². The lowest BCUT2D eigenvalue weighted by Gasteiger charge is -2.06. The van der Waals surface area contributed by atoms with E-state index < -0.39 is 10.0 Å². The Morgan fingerprint density at radius 3 is 2.73 bits per heavy atom. The largest absolute Gasteiger partial charge is 0.361 e. The molecule has 0 aliphatic rings. The molecule has 0 aliphatic carbocycles. The summed E-state index contributed by atoms with van der Waals surface area (Å²) in [6, 6.07) is 14.2. The molecule has 0 atom stereocenters. The van der Waals surface area contributed by atoms with Crippen molar-refractivity contribution >= 4 is 32.5 Å². The first-order chi connectivity index (χ1) is 10.6. The summed E-state index contributed by atoms with van der Waals surface area (Å²) in [5.74, 6) is 0. The highest BCUT2D eigenvalue weighted by atomic mass is 35.5. The third kappa shape index (κ3) is 3.16. The molecular formula is C16H15ClN2O2S. The van der Waals surface area contributed by atoms with Crippen LogP contribution < -0.4 is 4.72 Å². The number of benzene rings is 2. The van der Waals surface area contributed by atoms with E-state index in [0.29, 0.717) is 18.0 Å². The van der Waals surface area contributed by atoms with Crippen LogP contribution in [-0.2, 0) is 16.4 Å². The van der Waals surface area contributed by atoms with Crippen LogP contribution in [-0.4, -0.2) is 19.9 Å². The number of sulfonamides is 1. The molecule has 0 saturated carbocycles. The molecule has 2 N–H and O–H groups in total. The fraction of sp³-hybridized carbons (Fsp3) is 0.125. The van der Waals surface area contributed by atoms with Gasteiger partial charge in [0.1, 0.15) is 0 Å². The quantitative estimate of drug-likeness (QED) is 0.751. The van der Waals surface area contributed by atoms with Gasteiger partial charge >= 0.3 is 0 Å². The summed E-state index contributed by atoms with van der Waals surface area (Å²) in [6.45, 7) is 0.330. The van der Waals surface area contributed by atoms with Crippen LogP contribution >= 0.6 is 11.6 Å². The molecule has 6 heteroatoms. The van der Waals surface area contributed by atoms with Gasteiger partial charge in [-0.1, -0.05) is 35.9 Å². The highest BCUT2D eigenvalue weighted by molar-refractivity contribution is 7.89. The van der Waals surface area contributed by atoms with Crippen LogP contribution in [0.1, 0.15) is 5.56 Å². The summed E-state index contributed by atoms with van der Waals surface area (Å²) in [4.78, 5) is 3.36. The van der Waals surface area contributed by atoms with Crippen LogP contribution in [0.15, 0.2) is 59.6 Å². The molecule has 1 heterocycles. The zero-order valence-corrected chi connectivity index (χ0v) is 13.3. The van der Waals surface area contributed by atoms with Gasteiger partial charge in [-0.2, -0.15) is 0 Å². The molecule has 22 heavy (non-hydrogen) atoms. The molecule has 1 aromatic heterocycles. The number of H-pyrrole nitrogens is 1. The summed E-state index contributed by atoms with van der Waals surface area (Å²) < 4.78 is 27.0. The van der Waals surface area contributed by atoms with Gasteiger partial charge in [-0.05, 0) is 36.2 Å². The summed E-state index contributed by atoms with van der Waals surface area (Å²) in [5.41, 5.74) is 2.14. The molecule has 0 spiro atoms. The molecule has 2 aromatic carbocycles. The number of nitrogens with one attached hydrogen (secondary N) is 2. The number of aromatic nitrogens is 1. The first-order valence-electron chi connectivity index (χ1n) is 6.86. The number of hydrogen-bond acceptors (Lipinski definition) is 2. The van der Waals surface area contributed by atoms with Gasteiger partial charge in [0, 0.05) is 28.7 Å². The molecule has 0 bridgehead atoms. The minimum absolute atomic E-state index is 0.180. The minimum Gasteiger partial charge on any atom is -0.361 e. The molecular weight excluding hydrogens is 320 g/mol. The van der Waals surface area contributed by atoms with Crippen molar-refractivity contribution in [2.24, 2.45) is 0 Å². The molecule has 0 unspecified atom stereocenters. The van der Waals surface area contributed by atoms with E-state index in [4.69, 9.17) is 11.6 Å². The van der Waals surface area contributed by atoms with Gasteiger partial charge in [-0.15, -0.1) is 0 Å². The van der Waals surface area contributed by atoms with Crippen LogP contribution in [0, 0.1) is 0 Å². The lowest BCUT2D eigenvalue weighted by Crippen LogP contribution is -2.25. The van der Waals surface area contributed by atoms with Crippen LogP contribution in [0.3, 0.4) is 0 Å². The Labute approximate surface area is 134 Å². The van der Waals surface area contributed by atoms with E-state index in [1.807, 2.05) is 30.5 Å². The average Bonchev–Trinajstić information content (AvgIpc) is 2.91. The average molecular weight is 335 g/mol. The Bertz CT molecular complexity index is 903. The topological polar surface area (TPSA) is 62.0 Å². The zero-order chi connectivity index (χ0) is 15.6. The first-order valence-corrected chi connectivity index (χ1v) is 8.72. The minimum atomic E-state index is -3.53. The van der Waals surface area contributed by atoms with Crippen LogP contribution in [0.2, 0.25) is 5.02 Å². The molecule has 0 fully saturated rings. The number of hydrogen-bond donors (Lipinski definition) is 2. The van der Waals surface area contributed by atoms with Crippen molar-refractivity contribution in [2.45, 2.75) is 11.3 Å². The van der Waals surface area contributed by atoms with Gasteiger partial charge in [-0.3, -0.25) is 0 Å². The van der Waals surface area contributed by atoms with Gasteiger partial charge < -0.3 is 4.98 Å². The Kier molecular flexibility index (Phi) is 4.20. The van der Waals surface area contributed by atoms with E-state index in [-0.39, 0.29) is 4.90 Å². The molecule has 4 nitrogen and oxygen atoms in total. The van der Waals surface area contributed by atoms with Crippen molar-refractivity contribution in [2.75, 3.05) is 6.54 Å². The number of aromatic amines is 1. The molecule has 0 amide bonds. The van der Waals surface area contributed by atoms with Gasteiger partial charge in [-0.25, -0.2) is 13.1 Å². The maximum absolute atomic E-state index is 12.2. The predicted molar refractivity (Wildman–Crippen MR) is 88.6 cm³/mol. The predicted octanol–water partition coefficient (Wildman–Crippen LogP) is 3.34. The third-order valence-electron chi connectivity index (χ3n) is 3.47. The summed E-state index contributed by atoms with van der Waals surface area (Å²) >= 11 is 5.84. The van der Waals surface area contributed by atoms with Gasteiger partial charge in [0.25, 0.3) is 0 Å². The van der Waals surface area contributed by atoms with E-state index in [2.05, 4.69) is 9.71 Å². The lowest BCUT2D eigenvalue weighted by atomic mass is 10.1. The first kappa shape index (κ1) is 15.1. The molecule has 3 aromatic rings. The fourth-order valence-electron chi connectivity index (χ4n) is 2.38. The number of fused-ring (bicyclic) bond motifs is 1. The van der Waals surface area contributed by atoms with E-state index in [0.717, 1.165) is 16.5 Å². The second-order valence-electron chi connectivity index (χ2n) is 4.96. The van der Waals surface area contributed by atoms with E-state index in [9.17, 15) is 8.42 Å². The Morgan fingerprint density at radius 1 is 1.09 bits per heavy atom. The molecule has 0 radical (unpaired) electrons. The SMILES string of the molecule is O=S(=O)(NCCc1c[nH]c2ccccc12)c1cccc(Cl)c1. The second kappa shape index (κ2) is 6.12. The lowest BCUT2D eigenvalue weighted by molar-refractivity contribution is 0.581. The van der Waals surface area contributed by atoms with Crippen LogP contribution in [0.5, 0.6) is 0 Å². The number of rotatable bonds is 5. The van der Waals surface area contributed by atoms with Crippen LogP contribution in [0.25, 0.3) is 10.9 Å². The maximum Gasteiger partial charge on any atom is 0.240 e. The van der Waals surface area contributed by atoms with Crippen molar-refractivity contribution < 1.29 is 8.42 Å². The highest BCUT2D eigenvalue weighted by Gasteiger charge is 2.14. The molecule has 114 valence electrons. The highest BCUT2D eigenvalue weighted by Crippen LogP contribution is 2.18. The normalized spacial score (nSPS) is 11.9. The molecule has 0 saturated heterocycles. The van der Waals surface area contributed by atoms with E-state index in [1.165, 1.54) is 12.1 Å². The smallest absolute Gasteiger partial charge is 0.240 e. The maximum atomic E-state index is 12.2. The Morgan fingerprint density at radius 2 is 1.91 bits per heavy atom. The van der Waals surface area contributed by atoms with Gasteiger partial charge in [0.15, 0.2) is 0 Å². The summed E-state index contributed by atoms with van der Waals surface area (Å²) in [5, 5.41) is 1.52. The number of halogens is 1. The molecule has 0 aliphatic heterocycles. The Hall–Kier alpha value is -1.82. The zero-order valence-electron chi connectivity index (χ0n) is 11.7. The van der Waals surface area contributed by atoms with Crippen molar-refractivity contribution in [1.29, 1.82) is 0 Å². The van der Waals surface area contributed by atoms with Crippen molar-refractivity contribution in [3.05, 3.63) is 65.3 Å². The number of para-hydroxylation sites is 1. The summed E-state index contributed by atoms with van der Waals surface area (Å²) in [7, 11) is -3.53. The van der Waals surface area contributed by atoms with E-state index in [1.54, 1.807) is 12.1 Å². The standard InChI is InChI=1S/C16H15ClN2O2S/c17-13-4-3-5-14(10-13)22(20,21)19-9-8-12-11-18-16-7-2-1-6-15(12)16/h1-7,10-11,18-19H,8-9H2. The Balaban J connectivity index is 1.70. The molecule has 3 rings (SSSR count). The monoisotopic (exact) mass is 334 g/mol. The second-order valence-corrected chi connectivity index (χ2v) is 7.17. The van der Waals surface area contributed by atoms with Crippen molar-refractivity contribution in [3.63, 3.8) is 0 Å². The van der Waals surface area contributed by atoms with Crippen LogP contribution in [0.4, 0.5) is 0 Å². The summed E-state index contributed by atoms with van der Waals surface area (Å²) in [6.07, 6.45) is 2.53. The van der Waals surface area contributed by atoms with E-state index >= 15 is 0 Å². The van der Waals surface area contributed by atoms with Gasteiger partial charge in [0.2, 0.25) is 10.0 Å². The van der Waals surface area contributed by atoms with Crippen molar-refractivity contribution in [1.82, 2.24) is 9.71 Å². The van der Waals surface area contributed by atoms with Gasteiger partial charge in [0.05, 0.1) is 4.90 Å². The third-order valence-corrected chi connectivity index (χ3v) is 5.16. The fourth-order valence-corrected chi connectivity index (χ4v) is 3.71.